The van der Waals surface area contributed by atoms with Crippen LogP contribution in [0.2, 0.25) is 0 Å². The van der Waals surface area contributed by atoms with Crippen molar-refractivity contribution in [2.45, 2.75) is 46.4 Å². The highest BCUT2D eigenvalue weighted by atomic mass is 32.1. The summed E-state index contributed by atoms with van der Waals surface area (Å²) in [6, 6.07) is 0. The van der Waals surface area contributed by atoms with Crippen LogP contribution in [-0.2, 0) is 24.9 Å². The molecule has 0 saturated carbocycles. The van der Waals surface area contributed by atoms with E-state index in [1.54, 1.807) is 29.3 Å². The standard InChI is InChI=1S/C15H23N5O2S/c1-10-9-23-12(18-10)8-16-6-11-7-17-20(5)13(11)19-14(21)22-15(2,3)4/h7,9,16H,6,8H2,1-5H3,(H,19,21). The minimum absolute atomic E-state index is 0.488. The second kappa shape index (κ2) is 7.10. The maximum absolute atomic E-state index is 11.9. The zero-order chi connectivity index (χ0) is 17.0. The number of aromatic nitrogens is 3. The van der Waals surface area contributed by atoms with Gasteiger partial charge in [0.25, 0.3) is 0 Å². The molecule has 126 valence electrons. The summed E-state index contributed by atoms with van der Waals surface area (Å²) in [6.45, 7) is 8.72. The first-order valence-corrected chi connectivity index (χ1v) is 8.25. The fourth-order valence-electron chi connectivity index (χ4n) is 1.96. The first-order valence-electron chi connectivity index (χ1n) is 7.37. The van der Waals surface area contributed by atoms with Gasteiger partial charge in [0.15, 0.2) is 0 Å². The van der Waals surface area contributed by atoms with Gasteiger partial charge in [0, 0.05) is 36.8 Å². The molecule has 0 aromatic carbocycles. The molecule has 0 atom stereocenters. The van der Waals surface area contributed by atoms with Crippen LogP contribution in [0, 0.1) is 6.92 Å². The van der Waals surface area contributed by atoms with Crippen LogP contribution in [0.25, 0.3) is 0 Å². The van der Waals surface area contributed by atoms with Crippen LogP contribution < -0.4 is 10.6 Å². The Morgan fingerprint density at radius 2 is 2.13 bits per heavy atom. The van der Waals surface area contributed by atoms with Crippen molar-refractivity contribution in [3.8, 4) is 0 Å². The van der Waals surface area contributed by atoms with Crippen LogP contribution in [0.1, 0.15) is 37.0 Å². The first-order chi connectivity index (χ1) is 10.7. The lowest BCUT2D eigenvalue weighted by molar-refractivity contribution is 0.0634. The van der Waals surface area contributed by atoms with Crippen LogP contribution in [0.15, 0.2) is 11.6 Å². The summed E-state index contributed by atoms with van der Waals surface area (Å²) in [7, 11) is 1.78. The van der Waals surface area contributed by atoms with Crippen molar-refractivity contribution >= 4 is 23.2 Å². The summed E-state index contributed by atoms with van der Waals surface area (Å²) in [4.78, 5) is 16.3. The molecule has 0 radical (unpaired) electrons. The predicted octanol–water partition coefficient (Wildman–Crippen LogP) is 2.82. The number of thiazole rings is 1. The van der Waals surface area contributed by atoms with Gasteiger partial charge in [-0.05, 0) is 27.7 Å². The van der Waals surface area contributed by atoms with Gasteiger partial charge in [-0.1, -0.05) is 0 Å². The van der Waals surface area contributed by atoms with Gasteiger partial charge in [-0.15, -0.1) is 11.3 Å². The summed E-state index contributed by atoms with van der Waals surface area (Å²) < 4.78 is 6.90. The highest BCUT2D eigenvalue weighted by molar-refractivity contribution is 7.09. The Balaban J connectivity index is 1.94. The van der Waals surface area contributed by atoms with Crippen LogP contribution in [0.4, 0.5) is 10.6 Å². The molecule has 0 saturated heterocycles. The van der Waals surface area contributed by atoms with Crippen LogP contribution in [-0.4, -0.2) is 26.5 Å². The number of nitrogens with zero attached hydrogens (tertiary/aromatic N) is 3. The van der Waals surface area contributed by atoms with E-state index in [-0.39, 0.29) is 0 Å². The van der Waals surface area contributed by atoms with Crippen molar-refractivity contribution in [3.05, 3.63) is 27.8 Å². The lowest BCUT2D eigenvalue weighted by Gasteiger charge is -2.20. The third-order valence-corrected chi connectivity index (χ3v) is 3.86. The summed E-state index contributed by atoms with van der Waals surface area (Å²) >= 11 is 1.63. The lowest BCUT2D eigenvalue weighted by Crippen LogP contribution is -2.28. The molecule has 0 unspecified atom stereocenters. The molecule has 0 aliphatic heterocycles. The minimum atomic E-state index is -0.538. The van der Waals surface area contributed by atoms with E-state index in [4.69, 9.17) is 4.74 Å². The Kier molecular flexibility index (Phi) is 5.38. The van der Waals surface area contributed by atoms with Gasteiger partial charge in [-0.2, -0.15) is 5.10 Å². The second-order valence-electron chi connectivity index (χ2n) is 6.26. The molecule has 23 heavy (non-hydrogen) atoms. The van der Waals surface area contributed by atoms with Gasteiger partial charge in [0.05, 0.1) is 6.20 Å². The third-order valence-electron chi connectivity index (χ3n) is 2.89. The third kappa shape index (κ3) is 5.33. The Bertz CT molecular complexity index is 672. The molecule has 7 nitrogen and oxygen atoms in total. The van der Waals surface area contributed by atoms with E-state index >= 15 is 0 Å². The first kappa shape index (κ1) is 17.4. The van der Waals surface area contributed by atoms with E-state index in [1.165, 1.54) is 0 Å². The smallest absolute Gasteiger partial charge is 0.413 e. The van der Waals surface area contributed by atoms with Crippen LogP contribution in [0.3, 0.4) is 0 Å². The lowest BCUT2D eigenvalue weighted by atomic mass is 10.2. The van der Waals surface area contributed by atoms with Crippen LogP contribution in [0.5, 0.6) is 0 Å². The van der Waals surface area contributed by atoms with E-state index in [9.17, 15) is 4.79 Å². The second-order valence-corrected chi connectivity index (χ2v) is 7.20. The quantitative estimate of drug-likeness (QED) is 0.877. The molecule has 1 amide bonds. The van der Waals surface area contributed by atoms with E-state index in [0.717, 1.165) is 16.3 Å². The number of nitrogens with one attached hydrogen (secondary N) is 2. The largest absolute Gasteiger partial charge is 0.444 e. The predicted molar refractivity (Wildman–Crippen MR) is 90.5 cm³/mol. The minimum Gasteiger partial charge on any atom is -0.444 e. The molecule has 0 aliphatic rings. The number of carbonyl (C=O) groups excluding carboxylic acids is 1. The number of amides is 1. The maximum atomic E-state index is 11.9. The monoisotopic (exact) mass is 337 g/mol. The average Bonchev–Trinajstić information content (AvgIpc) is 2.97. The number of ether oxygens (including phenoxy) is 1. The highest BCUT2D eigenvalue weighted by Crippen LogP contribution is 2.16. The van der Waals surface area contributed by atoms with E-state index in [1.807, 2.05) is 33.1 Å². The highest BCUT2D eigenvalue weighted by Gasteiger charge is 2.19. The molecule has 2 N–H and O–H groups in total. The molecular weight excluding hydrogens is 314 g/mol. The number of anilines is 1. The van der Waals surface area contributed by atoms with Crippen molar-refractivity contribution in [3.63, 3.8) is 0 Å². The molecule has 2 rings (SSSR count). The number of aryl methyl sites for hydroxylation is 2. The summed E-state index contributed by atoms with van der Waals surface area (Å²) in [5.41, 5.74) is 1.39. The van der Waals surface area contributed by atoms with Gasteiger partial charge in [-0.25, -0.2) is 9.78 Å². The van der Waals surface area contributed by atoms with Crippen molar-refractivity contribution in [2.24, 2.45) is 7.05 Å². The molecule has 0 spiro atoms. The maximum Gasteiger partial charge on any atom is 0.413 e. The fourth-order valence-corrected chi connectivity index (χ4v) is 2.70. The molecular formula is C15H23N5O2S. The van der Waals surface area contributed by atoms with Gasteiger partial charge >= 0.3 is 6.09 Å². The zero-order valence-corrected chi connectivity index (χ0v) is 15.0. The summed E-state index contributed by atoms with van der Waals surface area (Å²) in [5, 5.41) is 13.3. The van der Waals surface area contributed by atoms with E-state index < -0.39 is 11.7 Å². The Morgan fingerprint density at radius 1 is 1.39 bits per heavy atom. The van der Waals surface area contributed by atoms with Gasteiger partial charge < -0.3 is 10.1 Å². The molecule has 8 heteroatoms. The van der Waals surface area contributed by atoms with E-state index in [0.29, 0.717) is 18.9 Å². The topological polar surface area (TPSA) is 81.1 Å². The normalized spacial score (nSPS) is 11.5. The fraction of sp³-hybridized carbons (Fsp3) is 0.533. The molecule has 2 aromatic heterocycles. The number of rotatable bonds is 5. The average molecular weight is 337 g/mol. The Labute approximate surface area is 140 Å². The zero-order valence-electron chi connectivity index (χ0n) is 14.1. The Hall–Kier alpha value is -1.93. The van der Waals surface area contributed by atoms with Crippen LogP contribution >= 0.6 is 11.3 Å². The SMILES string of the molecule is Cc1csc(CNCc2cnn(C)c2NC(=O)OC(C)(C)C)n1. The summed E-state index contributed by atoms with van der Waals surface area (Å²) in [6.07, 6.45) is 1.24. The Morgan fingerprint density at radius 3 is 2.74 bits per heavy atom. The number of hydrogen-bond donors (Lipinski definition) is 2. The molecule has 2 heterocycles. The van der Waals surface area contributed by atoms with Gasteiger partial charge in [0.2, 0.25) is 0 Å². The molecule has 2 aromatic rings. The number of carbonyl (C=O) groups is 1. The molecule has 0 aliphatic carbocycles. The van der Waals surface area contributed by atoms with Gasteiger partial charge in [-0.3, -0.25) is 10.00 Å². The summed E-state index contributed by atoms with van der Waals surface area (Å²) in [5.74, 6) is 0.627. The van der Waals surface area contributed by atoms with Crippen molar-refractivity contribution in [2.75, 3.05) is 5.32 Å². The molecule has 0 fully saturated rings. The van der Waals surface area contributed by atoms with Crippen molar-refractivity contribution < 1.29 is 9.53 Å². The number of hydrogen-bond acceptors (Lipinski definition) is 6. The van der Waals surface area contributed by atoms with Crippen molar-refractivity contribution in [1.82, 2.24) is 20.1 Å². The molecule has 0 bridgehead atoms. The van der Waals surface area contributed by atoms with Gasteiger partial charge in [0.1, 0.15) is 16.4 Å². The van der Waals surface area contributed by atoms with E-state index in [2.05, 4.69) is 20.7 Å². The van der Waals surface area contributed by atoms with Crippen molar-refractivity contribution in [1.29, 1.82) is 0 Å².